The minimum absolute atomic E-state index is 0.00172. The summed E-state index contributed by atoms with van der Waals surface area (Å²) in [6.07, 6.45) is -0.0557. The van der Waals surface area contributed by atoms with Gasteiger partial charge in [-0.1, -0.05) is 48.0 Å². The third-order valence-electron chi connectivity index (χ3n) is 5.67. The van der Waals surface area contributed by atoms with Gasteiger partial charge in [-0.3, -0.25) is 9.59 Å². The van der Waals surface area contributed by atoms with E-state index in [1.54, 1.807) is 49.6 Å². The molecule has 0 spiro atoms. The van der Waals surface area contributed by atoms with Crippen LogP contribution in [0.1, 0.15) is 36.6 Å². The molecule has 35 heavy (non-hydrogen) atoms. The van der Waals surface area contributed by atoms with Crippen molar-refractivity contribution in [2.24, 2.45) is 0 Å². The zero-order chi connectivity index (χ0) is 25.1. The molecule has 1 amide bonds. The number of hydrogen-bond acceptors (Lipinski definition) is 5. The molecule has 180 valence electrons. The van der Waals surface area contributed by atoms with E-state index in [1.807, 2.05) is 44.2 Å². The number of amides is 1. The number of methoxy groups -OCH3 is 1. The Morgan fingerprint density at radius 2 is 1.71 bits per heavy atom. The van der Waals surface area contributed by atoms with E-state index in [-0.39, 0.29) is 24.0 Å². The van der Waals surface area contributed by atoms with Crippen LogP contribution in [0.25, 0.3) is 5.76 Å². The van der Waals surface area contributed by atoms with E-state index in [0.29, 0.717) is 27.6 Å². The van der Waals surface area contributed by atoms with Crippen LogP contribution in [0.5, 0.6) is 11.5 Å². The molecule has 1 unspecified atom stereocenters. The van der Waals surface area contributed by atoms with Crippen molar-refractivity contribution in [2.45, 2.75) is 32.5 Å². The predicted molar refractivity (Wildman–Crippen MR) is 134 cm³/mol. The summed E-state index contributed by atoms with van der Waals surface area (Å²) in [6.45, 7) is 3.98. The van der Waals surface area contributed by atoms with Gasteiger partial charge in [-0.25, -0.2) is 0 Å². The molecule has 3 aromatic rings. The third kappa shape index (κ3) is 5.17. The summed E-state index contributed by atoms with van der Waals surface area (Å²) in [4.78, 5) is 28.0. The predicted octanol–water partition coefficient (Wildman–Crippen LogP) is 5.76. The van der Waals surface area contributed by atoms with Crippen molar-refractivity contribution in [2.75, 3.05) is 7.11 Å². The van der Waals surface area contributed by atoms with Crippen molar-refractivity contribution in [3.8, 4) is 11.5 Å². The average molecular weight is 492 g/mol. The van der Waals surface area contributed by atoms with E-state index in [4.69, 9.17) is 21.1 Å². The molecule has 1 aliphatic rings. The number of hydrogen-bond donors (Lipinski definition) is 1. The maximum atomic E-state index is 13.3. The van der Waals surface area contributed by atoms with Gasteiger partial charge < -0.3 is 19.5 Å². The lowest BCUT2D eigenvalue weighted by Gasteiger charge is -2.26. The molecule has 1 aliphatic heterocycles. The second-order valence-corrected chi connectivity index (χ2v) is 8.96. The number of carbonyl (C=O) groups is 2. The van der Waals surface area contributed by atoms with Gasteiger partial charge in [-0.2, -0.15) is 0 Å². The van der Waals surface area contributed by atoms with E-state index in [0.717, 1.165) is 5.56 Å². The number of ether oxygens (including phenoxy) is 2. The van der Waals surface area contributed by atoms with Gasteiger partial charge in [0, 0.05) is 17.1 Å². The van der Waals surface area contributed by atoms with Gasteiger partial charge in [0.2, 0.25) is 0 Å². The van der Waals surface area contributed by atoms with Gasteiger partial charge in [-0.15, -0.1) is 0 Å². The van der Waals surface area contributed by atoms with Crippen LogP contribution in [-0.4, -0.2) is 34.9 Å². The fourth-order valence-corrected chi connectivity index (χ4v) is 4.37. The molecule has 1 saturated heterocycles. The summed E-state index contributed by atoms with van der Waals surface area (Å²) in [5.41, 5.74) is 1.79. The number of ketones is 1. The zero-order valence-electron chi connectivity index (χ0n) is 19.7. The van der Waals surface area contributed by atoms with Crippen LogP contribution < -0.4 is 9.47 Å². The molecule has 4 rings (SSSR count). The third-order valence-corrected chi connectivity index (χ3v) is 5.91. The molecule has 3 aromatic carbocycles. The quantitative estimate of drug-likeness (QED) is 0.258. The Hall–Kier alpha value is -3.77. The van der Waals surface area contributed by atoms with E-state index < -0.39 is 17.7 Å². The Bertz CT molecular complexity index is 1300. The normalized spacial score (nSPS) is 17.2. The number of benzene rings is 3. The van der Waals surface area contributed by atoms with Crippen molar-refractivity contribution in [1.29, 1.82) is 0 Å². The second-order valence-electron chi connectivity index (χ2n) is 8.53. The number of carbonyl (C=O) groups excluding carboxylic acids is 2. The summed E-state index contributed by atoms with van der Waals surface area (Å²) < 4.78 is 11.2. The highest BCUT2D eigenvalue weighted by molar-refractivity contribution is 6.46. The molecule has 0 aliphatic carbocycles. The van der Waals surface area contributed by atoms with E-state index in [2.05, 4.69) is 0 Å². The van der Waals surface area contributed by atoms with E-state index >= 15 is 0 Å². The number of aliphatic hydroxyl groups is 1. The summed E-state index contributed by atoms with van der Waals surface area (Å²) in [5, 5.41) is 11.6. The molecule has 1 heterocycles. The summed E-state index contributed by atoms with van der Waals surface area (Å²) in [7, 11) is 1.57. The highest BCUT2D eigenvalue weighted by atomic mass is 35.5. The van der Waals surface area contributed by atoms with Gasteiger partial charge in [0.15, 0.2) is 0 Å². The number of halogens is 1. The lowest BCUT2D eigenvalue weighted by Crippen LogP contribution is -2.29. The molecule has 0 radical (unpaired) electrons. The number of Topliss-reactive ketones (excluding diaryl/α,β-unsaturated/α-hetero) is 1. The first-order chi connectivity index (χ1) is 16.8. The monoisotopic (exact) mass is 491 g/mol. The molecule has 1 N–H and O–H groups in total. The van der Waals surface area contributed by atoms with E-state index in [1.165, 1.54) is 4.90 Å². The van der Waals surface area contributed by atoms with Crippen molar-refractivity contribution in [1.82, 2.24) is 4.90 Å². The molecule has 1 atom stereocenters. The van der Waals surface area contributed by atoms with Crippen molar-refractivity contribution >= 4 is 29.1 Å². The van der Waals surface area contributed by atoms with Crippen molar-refractivity contribution in [3.63, 3.8) is 0 Å². The molecule has 0 saturated carbocycles. The van der Waals surface area contributed by atoms with Crippen LogP contribution in [0.3, 0.4) is 0 Å². The number of nitrogens with zero attached hydrogens (tertiary/aromatic N) is 1. The highest BCUT2D eigenvalue weighted by Gasteiger charge is 2.46. The summed E-state index contributed by atoms with van der Waals surface area (Å²) in [5.74, 6) is -0.490. The largest absolute Gasteiger partial charge is 0.507 e. The Morgan fingerprint density at radius 1 is 1.00 bits per heavy atom. The van der Waals surface area contributed by atoms with Crippen LogP contribution in [0.15, 0.2) is 78.4 Å². The van der Waals surface area contributed by atoms with Gasteiger partial charge in [0.25, 0.3) is 11.7 Å². The molecule has 6 nitrogen and oxygen atoms in total. The van der Waals surface area contributed by atoms with Crippen LogP contribution in [0.2, 0.25) is 5.02 Å². The maximum Gasteiger partial charge on any atom is 0.295 e. The van der Waals surface area contributed by atoms with Crippen LogP contribution in [-0.2, 0) is 16.1 Å². The summed E-state index contributed by atoms with van der Waals surface area (Å²) in [6, 6.07) is 20.2. The number of likely N-dealkylation sites (tertiary alicyclic amines) is 1. The van der Waals surface area contributed by atoms with Gasteiger partial charge in [0.05, 0.1) is 24.8 Å². The fourth-order valence-electron chi connectivity index (χ4n) is 4.18. The Balaban J connectivity index is 1.86. The minimum atomic E-state index is -0.823. The fraction of sp³-hybridized carbons (Fsp3) is 0.214. The van der Waals surface area contributed by atoms with Crippen LogP contribution >= 0.6 is 11.6 Å². The van der Waals surface area contributed by atoms with Crippen LogP contribution in [0, 0.1) is 0 Å². The molecule has 0 aromatic heterocycles. The lowest BCUT2D eigenvalue weighted by molar-refractivity contribution is -0.140. The second kappa shape index (κ2) is 10.2. The SMILES string of the molecule is COc1cccc(CN2C(=O)C(=O)/C(=C(\O)c3cccc(Cl)c3)C2c2cccc(OC(C)C)c2)c1. The minimum Gasteiger partial charge on any atom is -0.507 e. The van der Waals surface area contributed by atoms with Gasteiger partial charge in [0.1, 0.15) is 17.3 Å². The number of aliphatic hydroxyl groups excluding tert-OH is 1. The molecular weight excluding hydrogens is 466 g/mol. The maximum absolute atomic E-state index is 13.3. The lowest BCUT2D eigenvalue weighted by atomic mass is 9.95. The van der Waals surface area contributed by atoms with E-state index in [9.17, 15) is 14.7 Å². The van der Waals surface area contributed by atoms with Crippen molar-refractivity contribution < 1.29 is 24.2 Å². The van der Waals surface area contributed by atoms with Crippen LogP contribution in [0.4, 0.5) is 0 Å². The molecule has 7 heteroatoms. The topological polar surface area (TPSA) is 76.1 Å². The summed E-state index contributed by atoms with van der Waals surface area (Å²) >= 11 is 6.12. The molecular formula is C28H26ClNO5. The number of rotatable bonds is 7. The first kappa shape index (κ1) is 24.4. The van der Waals surface area contributed by atoms with Crippen molar-refractivity contribution in [3.05, 3.63) is 100 Å². The molecule has 1 fully saturated rings. The smallest absolute Gasteiger partial charge is 0.295 e. The Morgan fingerprint density at radius 3 is 2.43 bits per heavy atom. The Labute approximate surface area is 209 Å². The van der Waals surface area contributed by atoms with Gasteiger partial charge >= 0.3 is 0 Å². The first-order valence-corrected chi connectivity index (χ1v) is 11.6. The average Bonchev–Trinajstić information content (AvgIpc) is 3.08. The van der Waals surface area contributed by atoms with Gasteiger partial charge in [-0.05, 0) is 61.4 Å². The standard InChI is InChI=1S/C28H26ClNO5/c1-17(2)35-23-12-6-8-19(15-23)25-24(26(31)20-9-5-10-21(29)14-20)27(32)28(33)30(25)16-18-7-4-11-22(13-18)34-3/h4-15,17,25,31H,16H2,1-3H3/b26-24-. The zero-order valence-corrected chi connectivity index (χ0v) is 20.5. The molecule has 0 bridgehead atoms. The Kier molecular flexibility index (Phi) is 7.12. The highest BCUT2D eigenvalue weighted by Crippen LogP contribution is 2.41. The first-order valence-electron chi connectivity index (χ1n) is 11.2.